The van der Waals surface area contributed by atoms with Gasteiger partial charge in [-0.2, -0.15) is 0 Å². The van der Waals surface area contributed by atoms with E-state index in [4.69, 9.17) is 0 Å². The van der Waals surface area contributed by atoms with Gasteiger partial charge >= 0.3 is 0 Å². The Morgan fingerprint density at radius 3 is 1.55 bits per heavy atom. The summed E-state index contributed by atoms with van der Waals surface area (Å²) in [4.78, 5) is 0. The summed E-state index contributed by atoms with van der Waals surface area (Å²) in [6, 6.07) is 9.35. The molecular weight excluding hydrogens is 307 g/mol. The zero-order valence-corrected chi connectivity index (χ0v) is 16.4. The van der Waals surface area contributed by atoms with Gasteiger partial charge in [0.05, 0.1) is 23.8 Å². The van der Waals surface area contributed by atoms with Crippen LogP contribution in [0.25, 0.3) is 6.08 Å². The van der Waals surface area contributed by atoms with E-state index in [0.29, 0.717) is 0 Å². The van der Waals surface area contributed by atoms with Crippen LogP contribution >= 0.6 is 7.26 Å². The second-order valence-corrected chi connectivity index (χ2v) is 10.3. The maximum Gasteiger partial charge on any atom is 0.0939 e. The lowest BCUT2D eigenvalue weighted by atomic mass is 10.2. The number of halogens is 1. The molecule has 0 spiro atoms. The zero-order valence-electron chi connectivity index (χ0n) is 14.8. The normalized spacial score (nSPS) is 11.0. The fourth-order valence-corrected chi connectivity index (χ4v) is 8.02. The van der Waals surface area contributed by atoms with Crippen molar-refractivity contribution in [3.05, 3.63) is 36.4 Å². The first-order chi connectivity index (χ1) is 10.2. The summed E-state index contributed by atoms with van der Waals surface area (Å²) in [6.45, 7) is 10.9. The number of hydrogen-bond acceptors (Lipinski definition) is 0. The lowest BCUT2D eigenvalue weighted by Gasteiger charge is -2.28. The van der Waals surface area contributed by atoms with Crippen molar-refractivity contribution in [3.8, 4) is 0 Å². The molecule has 126 valence electrons. The minimum Gasteiger partial charge on any atom is -1.00 e. The van der Waals surface area contributed by atoms with Gasteiger partial charge in [-0.1, -0.05) is 64.8 Å². The van der Waals surface area contributed by atoms with E-state index < -0.39 is 7.26 Å². The molecule has 0 aliphatic heterocycles. The molecule has 0 unspecified atom stereocenters. The van der Waals surface area contributed by atoms with Crippen molar-refractivity contribution in [2.75, 3.05) is 18.5 Å². The van der Waals surface area contributed by atoms with Gasteiger partial charge in [-0.15, -0.1) is 0 Å². The minimum absolute atomic E-state index is 0. The molecule has 0 bridgehead atoms. The van der Waals surface area contributed by atoms with Crippen LogP contribution in [0.1, 0.15) is 64.9 Å². The van der Waals surface area contributed by atoms with Gasteiger partial charge in [0.2, 0.25) is 0 Å². The number of rotatable bonds is 11. The van der Waals surface area contributed by atoms with Gasteiger partial charge < -0.3 is 12.4 Å². The molecule has 0 radical (unpaired) electrons. The molecule has 0 nitrogen and oxygen atoms in total. The molecule has 0 fully saturated rings. The molecule has 1 rings (SSSR count). The second kappa shape index (κ2) is 12.1. The van der Waals surface area contributed by atoms with Crippen LogP contribution in [0.15, 0.2) is 30.8 Å². The van der Waals surface area contributed by atoms with Crippen LogP contribution in [0.3, 0.4) is 0 Å². The Morgan fingerprint density at radius 1 is 0.818 bits per heavy atom. The molecule has 0 saturated carbocycles. The van der Waals surface area contributed by atoms with Crippen molar-refractivity contribution in [2.45, 2.75) is 59.3 Å². The van der Waals surface area contributed by atoms with E-state index in [0.717, 1.165) is 0 Å². The molecule has 1 aromatic rings. The Labute approximate surface area is 145 Å². The van der Waals surface area contributed by atoms with E-state index in [1.54, 1.807) is 5.30 Å². The summed E-state index contributed by atoms with van der Waals surface area (Å²) < 4.78 is 0. The van der Waals surface area contributed by atoms with Crippen LogP contribution in [0.2, 0.25) is 0 Å². The average Bonchev–Trinajstić information content (AvgIpc) is 2.55. The Hall–Kier alpha value is -0.320. The van der Waals surface area contributed by atoms with Crippen molar-refractivity contribution in [2.24, 2.45) is 0 Å². The smallest absolute Gasteiger partial charge is 0.0939 e. The summed E-state index contributed by atoms with van der Waals surface area (Å²) in [5.41, 5.74) is 1.25. The Kier molecular flexibility index (Phi) is 12.0. The van der Waals surface area contributed by atoms with E-state index in [1.807, 2.05) is 6.08 Å². The molecule has 1 aromatic carbocycles. The van der Waals surface area contributed by atoms with E-state index >= 15 is 0 Å². The van der Waals surface area contributed by atoms with Crippen molar-refractivity contribution in [1.82, 2.24) is 0 Å². The van der Waals surface area contributed by atoms with E-state index in [2.05, 4.69) is 51.6 Å². The van der Waals surface area contributed by atoms with Crippen molar-refractivity contribution in [3.63, 3.8) is 0 Å². The Balaban J connectivity index is 0.00000441. The monoisotopic (exact) mass is 340 g/mol. The van der Waals surface area contributed by atoms with Gasteiger partial charge in [-0.25, -0.2) is 0 Å². The second-order valence-electron chi connectivity index (χ2n) is 6.17. The number of benzene rings is 1. The first kappa shape index (κ1) is 21.7. The fraction of sp³-hybridized carbons (Fsp3) is 0.600. The fourth-order valence-electron chi connectivity index (χ4n) is 3.03. The Bertz CT molecular complexity index is 375. The highest BCUT2D eigenvalue weighted by molar-refractivity contribution is 7.82. The summed E-state index contributed by atoms with van der Waals surface area (Å²) in [5, 5.41) is 1.67. The molecule has 0 atom stereocenters. The third-order valence-corrected chi connectivity index (χ3v) is 9.41. The van der Waals surface area contributed by atoms with Crippen LogP contribution in [-0.4, -0.2) is 18.5 Å². The van der Waals surface area contributed by atoms with Crippen LogP contribution < -0.4 is 17.7 Å². The quantitative estimate of drug-likeness (QED) is 0.542. The Morgan fingerprint density at radius 2 is 1.23 bits per heavy atom. The van der Waals surface area contributed by atoms with Crippen LogP contribution in [-0.2, 0) is 0 Å². The van der Waals surface area contributed by atoms with Crippen molar-refractivity contribution in [1.29, 1.82) is 0 Å². The van der Waals surface area contributed by atoms with Crippen LogP contribution in [0.5, 0.6) is 0 Å². The van der Waals surface area contributed by atoms with E-state index in [-0.39, 0.29) is 12.4 Å². The van der Waals surface area contributed by atoms with E-state index in [9.17, 15) is 0 Å². The van der Waals surface area contributed by atoms with Gasteiger partial charge in [-0.05, 0) is 37.0 Å². The first-order valence-electron chi connectivity index (χ1n) is 8.81. The number of hydrogen-bond donors (Lipinski definition) is 0. The summed E-state index contributed by atoms with van der Waals surface area (Å²) in [5.74, 6) is 0. The third kappa shape index (κ3) is 6.43. The lowest BCUT2D eigenvalue weighted by molar-refractivity contribution is -0.00000456. The predicted octanol–water partition coefficient (Wildman–Crippen LogP) is 3.38. The standard InChI is InChI=1S/C20H34P.ClH/c1-5-9-16-21(17-10-6-2,18-11-7-3)20-14-12-19(8-4)13-15-20;/h8,12-15H,4-7,9-11,16-18H2,1-3H3;1H/q+1;/p-1. The maximum atomic E-state index is 3.88. The number of unbranched alkanes of at least 4 members (excludes halogenated alkanes) is 3. The highest BCUT2D eigenvalue weighted by atomic mass is 35.5. The molecule has 0 N–H and O–H groups in total. The maximum absolute atomic E-state index is 3.88. The summed E-state index contributed by atoms with van der Waals surface area (Å²) in [6.07, 6.45) is 14.5. The molecule has 0 aliphatic rings. The summed E-state index contributed by atoms with van der Waals surface area (Å²) in [7, 11) is -0.963. The molecule has 0 heterocycles. The molecular formula is C20H34ClP. The predicted molar refractivity (Wildman–Crippen MR) is 102 cm³/mol. The zero-order chi connectivity index (χ0) is 15.6. The SMILES string of the molecule is C=Cc1ccc([P+](CCCC)(CCCC)CCCC)cc1.[Cl-]. The van der Waals surface area contributed by atoms with Crippen LogP contribution in [0.4, 0.5) is 0 Å². The molecule has 0 saturated heterocycles. The minimum atomic E-state index is -0.963. The van der Waals surface area contributed by atoms with Gasteiger partial charge in [0.25, 0.3) is 0 Å². The third-order valence-electron chi connectivity index (χ3n) is 4.50. The molecule has 0 aliphatic carbocycles. The topological polar surface area (TPSA) is 0 Å². The largest absolute Gasteiger partial charge is 1.00 e. The highest BCUT2D eigenvalue weighted by Gasteiger charge is 2.37. The van der Waals surface area contributed by atoms with E-state index in [1.165, 1.54) is 62.6 Å². The molecule has 0 amide bonds. The van der Waals surface area contributed by atoms with Gasteiger partial charge in [-0.3, -0.25) is 0 Å². The van der Waals surface area contributed by atoms with Crippen molar-refractivity contribution >= 4 is 18.6 Å². The first-order valence-corrected chi connectivity index (χ1v) is 11.2. The average molecular weight is 341 g/mol. The summed E-state index contributed by atoms with van der Waals surface area (Å²) >= 11 is 0. The molecule has 22 heavy (non-hydrogen) atoms. The van der Waals surface area contributed by atoms with Gasteiger partial charge in [0.15, 0.2) is 0 Å². The van der Waals surface area contributed by atoms with Gasteiger partial charge in [0, 0.05) is 7.26 Å². The molecule has 2 heteroatoms. The molecule has 0 aromatic heterocycles. The van der Waals surface area contributed by atoms with Gasteiger partial charge in [0.1, 0.15) is 0 Å². The van der Waals surface area contributed by atoms with Crippen LogP contribution in [0, 0.1) is 0 Å². The lowest BCUT2D eigenvalue weighted by Crippen LogP contribution is -3.00. The van der Waals surface area contributed by atoms with Crippen molar-refractivity contribution < 1.29 is 12.4 Å². The highest BCUT2D eigenvalue weighted by Crippen LogP contribution is 2.59.